The minimum Gasteiger partial charge on any atom is -0.497 e. The Kier molecular flexibility index (Phi) is 12.9. The molecular weight excluding hydrogens is 739 g/mol. The van der Waals surface area contributed by atoms with Crippen LogP contribution in [0.5, 0.6) is 23.1 Å². The summed E-state index contributed by atoms with van der Waals surface area (Å²) in [6.07, 6.45) is 4.20. The zero-order valence-electron chi connectivity index (χ0n) is 32.8. The number of aromatic nitrogens is 4. The molecule has 0 bridgehead atoms. The number of ether oxygens (including phenoxy) is 4. The van der Waals surface area contributed by atoms with E-state index in [1.165, 1.54) is 6.33 Å². The molecule has 300 valence electrons. The summed E-state index contributed by atoms with van der Waals surface area (Å²) in [5.74, 6) is 2.84. The summed E-state index contributed by atoms with van der Waals surface area (Å²) in [5.41, 5.74) is 3.31. The van der Waals surface area contributed by atoms with Crippen molar-refractivity contribution in [3.8, 4) is 28.8 Å². The Morgan fingerprint density at radius 2 is 1.64 bits per heavy atom. The molecule has 15 nitrogen and oxygen atoms in total. The molecule has 1 saturated heterocycles. The molecule has 58 heavy (non-hydrogen) atoms. The van der Waals surface area contributed by atoms with Crippen LogP contribution in [0, 0.1) is 0 Å². The van der Waals surface area contributed by atoms with Gasteiger partial charge in [0.25, 0.3) is 5.91 Å². The molecule has 0 aliphatic carbocycles. The van der Waals surface area contributed by atoms with Crippen LogP contribution in [-0.2, 0) is 11.2 Å². The third-order valence-electron chi connectivity index (χ3n) is 9.59. The zero-order chi connectivity index (χ0) is 40.3. The molecule has 0 radical (unpaired) electrons. The zero-order valence-corrected chi connectivity index (χ0v) is 32.8. The molecule has 15 heteroatoms. The Bertz CT molecular complexity index is 2340. The largest absolute Gasteiger partial charge is 0.497 e. The second-order valence-corrected chi connectivity index (χ2v) is 13.6. The minimum atomic E-state index is -0.423. The molecule has 7 rings (SSSR count). The van der Waals surface area contributed by atoms with Crippen LogP contribution in [0.1, 0.15) is 35.8 Å². The van der Waals surface area contributed by atoms with Crippen LogP contribution in [-0.4, -0.2) is 90.2 Å². The highest BCUT2D eigenvalue weighted by Crippen LogP contribution is 2.35. The lowest BCUT2D eigenvalue weighted by Crippen LogP contribution is -2.41. The number of carbonyl (C=O) groups excluding carboxylic acids is 2. The maximum Gasteiger partial charge on any atom is 0.324 e. The summed E-state index contributed by atoms with van der Waals surface area (Å²) < 4.78 is 24.3. The first kappa shape index (κ1) is 39.5. The average Bonchev–Trinajstić information content (AvgIpc) is 3.66. The van der Waals surface area contributed by atoms with Crippen LogP contribution in [0.15, 0.2) is 97.3 Å². The minimum absolute atomic E-state index is 0.207. The van der Waals surface area contributed by atoms with Crippen LogP contribution >= 0.6 is 0 Å². The number of nitrogens with one attached hydrogen (secondary N) is 4. The number of aryl methyl sites for hydroxylation is 1. The van der Waals surface area contributed by atoms with Crippen molar-refractivity contribution in [1.82, 2.24) is 30.0 Å². The molecule has 2 aromatic heterocycles. The van der Waals surface area contributed by atoms with Crippen molar-refractivity contribution in [3.63, 3.8) is 0 Å². The lowest BCUT2D eigenvalue weighted by atomic mass is 10.1. The summed E-state index contributed by atoms with van der Waals surface area (Å²) >= 11 is 0. The second kappa shape index (κ2) is 19.0. The summed E-state index contributed by atoms with van der Waals surface area (Å²) in [7, 11) is 3.17. The normalized spacial score (nSPS) is 12.8. The first-order chi connectivity index (χ1) is 28.4. The van der Waals surface area contributed by atoms with Crippen molar-refractivity contribution in [1.29, 1.82) is 0 Å². The molecule has 0 spiro atoms. The fourth-order valence-corrected chi connectivity index (χ4v) is 6.56. The summed E-state index contributed by atoms with van der Waals surface area (Å²) in [6, 6.07) is 27.0. The van der Waals surface area contributed by atoms with Gasteiger partial charge in [-0.15, -0.1) is 0 Å². The van der Waals surface area contributed by atoms with E-state index in [-0.39, 0.29) is 11.8 Å². The third kappa shape index (κ3) is 9.99. The number of methoxy groups -OCH3 is 2. The molecule has 1 aliphatic rings. The number of amides is 3. The van der Waals surface area contributed by atoms with Gasteiger partial charge in [-0.05, 0) is 61.4 Å². The van der Waals surface area contributed by atoms with Gasteiger partial charge in [0, 0.05) is 66.4 Å². The van der Waals surface area contributed by atoms with E-state index < -0.39 is 6.03 Å². The number of hydrogen-bond acceptors (Lipinski definition) is 11. The summed E-state index contributed by atoms with van der Waals surface area (Å²) in [5, 5.41) is 18.6. The van der Waals surface area contributed by atoms with E-state index in [9.17, 15) is 9.59 Å². The van der Waals surface area contributed by atoms with Gasteiger partial charge in [0.15, 0.2) is 0 Å². The maximum absolute atomic E-state index is 13.5. The monoisotopic (exact) mass is 785 g/mol. The van der Waals surface area contributed by atoms with Crippen molar-refractivity contribution >= 4 is 45.7 Å². The van der Waals surface area contributed by atoms with E-state index in [0.29, 0.717) is 59.8 Å². The fourth-order valence-electron chi connectivity index (χ4n) is 6.56. The van der Waals surface area contributed by atoms with Crippen molar-refractivity contribution in [3.05, 3.63) is 109 Å². The number of urea groups is 1. The second-order valence-electron chi connectivity index (χ2n) is 13.6. The number of benzene rings is 4. The van der Waals surface area contributed by atoms with Crippen molar-refractivity contribution in [2.24, 2.45) is 0 Å². The predicted octanol–water partition coefficient (Wildman–Crippen LogP) is 7.42. The molecule has 6 aromatic rings. The quantitative estimate of drug-likeness (QED) is 0.0772. The average molecular weight is 786 g/mol. The molecule has 4 N–H and O–H groups in total. The smallest absolute Gasteiger partial charge is 0.324 e. The number of fused-ring (bicyclic) bond motifs is 1. The first-order valence-corrected chi connectivity index (χ1v) is 19.3. The number of unbranched alkanes of at least 4 members (excludes halogenated alkanes) is 1. The Morgan fingerprint density at radius 1 is 0.845 bits per heavy atom. The van der Waals surface area contributed by atoms with Crippen molar-refractivity contribution in [2.45, 2.75) is 26.2 Å². The highest BCUT2D eigenvalue weighted by Gasteiger charge is 2.17. The number of morpholine rings is 1. The standard InChI is InChI=1S/C43H47N9O6/c1-4-5-8-30-26-40(52(50-30)32-11-13-33(55-2)14-12-32)49-43(54)48-37-15-16-38(36-10-7-6-9-35(36)37)58-41-27-39(45-28-46-41)47-31-23-29(24-34(25-31)56-3)42(53)44-17-18-51-19-21-57-22-20-51/h6-7,9-16,23-28H,4-5,8,17-22H2,1-3H3,(H,44,53)(H,45,46,47)(H2,48,49,54). The summed E-state index contributed by atoms with van der Waals surface area (Å²) in [6.45, 7) is 6.51. The Hall–Kier alpha value is -6.71. The molecule has 0 saturated carbocycles. The predicted molar refractivity (Wildman–Crippen MR) is 223 cm³/mol. The maximum atomic E-state index is 13.5. The van der Waals surface area contributed by atoms with Gasteiger partial charge in [-0.3, -0.25) is 15.0 Å². The molecule has 3 heterocycles. The SMILES string of the molecule is CCCCc1cc(NC(=O)Nc2ccc(Oc3cc(Nc4cc(OC)cc(C(=O)NCCN5CCOCC5)c4)ncn3)c3ccccc23)n(-c2ccc(OC)cc2)n1. The van der Waals surface area contributed by atoms with E-state index in [0.717, 1.165) is 66.8 Å². The van der Waals surface area contributed by atoms with Gasteiger partial charge >= 0.3 is 6.03 Å². The van der Waals surface area contributed by atoms with Gasteiger partial charge in [0.1, 0.15) is 35.2 Å². The van der Waals surface area contributed by atoms with Crippen LogP contribution in [0.25, 0.3) is 16.5 Å². The number of anilines is 4. The topological polar surface area (TPSA) is 166 Å². The van der Waals surface area contributed by atoms with E-state index >= 15 is 0 Å². The van der Waals surface area contributed by atoms with Crippen LogP contribution in [0.4, 0.5) is 27.8 Å². The van der Waals surface area contributed by atoms with Gasteiger partial charge in [0.2, 0.25) is 5.88 Å². The van der Waals surface area contributed by atoms with Crippen LogP contribution in [0.2, 0.25) is 0 Å². The highest BCUT2D eigenvalue weighted by molar-refractivity contribution is 6.07. The lowest BCUT2D eigenvalue weighted by Gasteiger charge is -2.26. The Morgan fingerprint density at radius 3 is 2.41 bits per heavy atom. The Labute approximate surface area is 336 Å². The van der Waals surface area contributed by atoms with E-state index in [2.05, 4.69) is 43.1 Å². The lowest BCUT2D eigenvalue weighted by molar-refractivity contribution is 0.0383. The van der Waals surface area contributed by atoms with Gasteiger partial charge in [0.05, 0.1) is 44.5 Å². The van der Waals surface area contributed by atoms with Gasteiger partial charge in [-0.2, -0.15) is 5.10 Å². The van der Waals surface area contributed by atoms with E-state index in [1.807, 2.05) is 54.6 Å². The van der Waals surface area contributed by atoms with Gasteiger partial charge in [-0.25, -0.2) is 19.4 Å². The number of carbonyl (C=O) groups is 2. The number of hydrogen-bond donors (Lipinski definition) is 4. The first-order valence-electron chi connectivity index (χ1n) is 19.3. The molecule has 0 unspecified atom stereocenters. The van der Waals surface area contributed by atoms with Crippen LogP contribution < -0.4 is 35.5 Å². The summed E-state index contributed by atoms with van der Waals surface area (Å²) in [4.78, 5) is 37.6. The number of rotatable bonds is 16. The molecule has 0 atom stereocenters. The molecule has 3 amide bonds. The third-order valence-corrected chi connectivity index (χ3v) is 9.59. The fraction of sp³-hybridized carbons (Fsp3) is 0.279. The molecule has 4 aromatic carbocycles. The number of nitrogens with zero attached hydrogens (tertiary/aromatic N) is 5. The van der Waals surface area contributed by atoms with Gasteiger partial charge in [-0.1, -0.05) is 37.6 Å². The van der Waals surface area contributed by atoms with E-state index in [4.69, 9.17) is 24.0 Å². The highest BCUT2D eigenvalue weighted by atomic mass is 16.5. The molecule has 1 fully saturated rings. The molecule has 1 aliphatic heterocycles. The van der Waals surface area contributed by atoms with Crippen molar-refractivity contribution in [2.75, 3.05) is 69.6 Å². The van der Waals surface area contributed by atoms with Crippen molar-refractivity contribution < 1.29 is 28.5 Å². The van der Waals surface area contributed by atoms with Gasteiger partial charge < -0.3 is 34.9 Å². The van der Waals surface area contributed by atoms with Crippen LogP contribution in [0.3, 0.4) is 0 Å². The molecular formula is C43H47N9O6. The van der Waals surface area contributed by atoms with E-state index in [1.54, 1.807) is 55.3 Å². The Balaban J connectivity index is 1.04.